The van der Waals surface area contributed by atoms with Gasteiger partial charge in [-0.25, -0.2) is 0 Å². The number of rotatable bonds is 7. The van der Waals surface area contributed by atoms with Crippen LogP contribution in [0, 0.1) is 0 Å². The van der Waals surface area contributed by atoms with Crippen LogP contribution in [0.15, 0.2) is 0 Å². The Morgan fingerprint density at radius 1 is 1.54 bits per heavy atom. The lowest BCUT2D eigenvalue weighted by Gasteiger charge is -2.18. The van der Waals surface area contributed by atoms with E-state index >= 15 is 0 Å². The fraction of sp³-hybridized carbons (Fsp3) is 1.00. The van der Waals surface area contributed by atoms with Gasteiger partial charge in [0.15, 0.2) is 0 Å². The first kappa shape index (κ1) is 13.2. The Kier molecular flexibility index (Phi) is 6.77. The van der Waals surface area contributed by atoms with Crippen molar-refractivity contribution >= 4 is 11.8 Å². The van der Waals surface area contributed by atoms with E-state index in [1.165, 1.54) is 0 Å². The summed E-state index contributed by atoms with van der Waals surface area (Å²) in [6.07, 6.45) is -0.368. The Labute approximate surface area is 85.0 Å². The molecule has 1 unspecified atom stereocenters. The summed E-state index contributed by atoms with van der Waals surface area (Å²) in [5.41, 5.74) is 5.63. The first-order valence-corrected chi connectivity index (χ1v) is 5.73. The Morgan fingerprint density at radius 2 is 2.15 bits per heavy atom. The lowest BCUT2D eigenvalue weighted by molar-refractivity contribution is 0.0551. The lowest BCUT2D eigenvalue weighted by atomic mass is 10.1. The van der Waals surface area contributed by atoms with Gasteiger partial charge in [0.2, 0.25) is 0 Å². The number of ether oxygens (including phenoxy) is 1. The summed E-state index contributed by atoms with van der Waals surface area (Å²) in [5, 5.41) is 9.39. The zero-order valence-corrected chi connectivity index (χ0v) is 9.56. The summed E-state index contributed by atoms with van der Waals surface area (Å²) < 4.78 is 5.08. The molecule has 3 N–H and O–H groups in total. The molecule has 0 saturated carbocycles. The van der Waals surface area contributed by atoms with Gasteiger partial charge in [0, 0.05) is 23.7 Å². The summed E-state index contributed by atoms with van der Waals surface area (Å²) in [6.45, 7) is 6.96. The molecule has 0 aromatic heterocycles. The van der Waals surface area contributed by atoms with E-state index < -0.39 is 0 Å². The van der Waals surface area contributed by atoms with Crippen molar-refractivity contribution in [2.75, 3.05) is 24.7 Å². The molecule has 0 aliphatic heterocycles. The molecule has 1 atom stereocenters. The predicted molar refractivity (Wildman–Crippen MR) is 58.1 cm³/mol. The highest BCUT2D eigenvalue weighted by Gasteiger charge is 2.12. The maximum Gasteiger partial charge on any atom is 0.0863 e. The molecule has 0 aromatic rings. The lowest BCUT2D eigenvalue weighted by Crippen LogP contribution is -2.35. The highest BCUT2D eigenvalue weighted by Crippen LogP contribution is 2.10. The summed E-state index contributed by atoms with van der Waals surface area (Å²) in [6, 6.07) is 0. The standard InChI is InChI=1S/C9H21NO2S/c1-4-12-5-8(11)6-13-7-9(2,3)10/h8,11H,4-7,10H2,1-3H3. The van der Waals surface area contributed by atoms with Gasteiger partial charge in [0.1, 0.15) is 0 Å². The van der Waals surface area contributed by atoms with Gasteiger partial charge in [-0.3, -0.25) is 0 Å². The monoisotopic (exact) mass is 207 g/mol. The summed E-state index contributed by atoms with van der Waals surface area (Å²) in [4.78, 5) is 0. The molecule has 0 aliphatic carbocycles. The molecule has 0 saturated heterocycles. The van der Waals surface area contributed by atoms with Gasteiger partial charge in [-0.2, -0.15) is 11.8 Å². The maximum absolute atomic E-state index is 9.39. The number of thioether (sulfide) groups is 1. The van der Waals surface area contributed by atoms with Gasteiger partial charge in [-0.05, 0) is 20.8 Å². The SMILES string of the molecule is CCOCC(O)CSCC(C)(C)N. The highest BCUT2D eigenvalue weighted by atomic mass is 32.2. The minimum atomic E-state index is -0.368. The van der Waals surface area contributed by atoms with Gasteiger partial charge < -0.3 is 15.6 Å². The molecule has 0 fully saturated rings. The Hall–Kier alpha value is 0.230. The highest BCUT2D eigenvalue weighted by molar-refractivity contribution is 7.99. The van der Waals surface area contributed by atoms with Crippen molar-refractivity contribution in [3.63, 3.8) is 0 Å². The minimum absolute atomic E-state index is 0.157. The fourth-order valence-electron chi connectivity index (χ4n) is 0.760. The van der Waals surface area contributed by atoms with Crippen LogP contribution in [0.4, 0.5) is 0 Å². The number of aliphatic hydroxyl groups is 1. The second-order valence-corrected chi connectivity index (χ2v) is 4.85. The van der Waals surface area contributed by atoms with Crippen LogP contribution < -0.4 is 5.73 Å². The van der Waals surface area contributed by atoms with Gasteiger partial charge in [-0.1, -0.05) is 0 Å². The second kappa shape index (κ2) is 6.65. The largest absolute Gasteiger partial charge is 0.390 e. The van der Waals surface area contributed by atoms with Gasteiger partial charge >= 0.3 is 0 Å². The average molecular weight is 207 g/mol. The first-order chi connectivity index (χ1) is 5.95. The van der Waals surface area contributed by atoms with E-state index in [-0.39, 0.29) is 11.6 Å². The van der Waals surface area contributed by atoms with Crippen molar-refractivity contribution in [2.45, 2.75) is 32.4 Å². The van der Waals surface area contributed by atoms with Crippen molar-refractivity contribution in [2.24, 2.45) is 5.73 Å². The molecule has 0 aromatic carbocycles. The van der Waals surface area contributed by atoms with Crippen LogP contribution in [0.5, 0.6) is 0 Å². The molecule has 0 aliphatic rings. The summed E-state index contributed by atoms with van der Waals surface area (Å²) >= 11 is 1.66. The number of hydrogen-bond acceptors (Lipinski definition) is 4. The van der Waals surface area contributed by atoms with Crippen molar-refractivity contribution in [3.8, 4) is 0 Å². The zero-order valence-electron chi connectivity index (χ0n) is 8.75. The minimum Gasteiger partial charge on any atom is -0.390 e. The number of hydrogen-bond donors (Lipinski definition) is 2. The van der Waals surface area contributed by atoms with E-state index in [9.17, 15) is 5.11 Å². The Morgan fingerprint density at radius 3 is 2.62 bits per heavy atom. The van der Waals surface area contributed by atoms with Crippen LogP contribution in [0.1, 0.15) is 20.8 Å². The molecular formula is C9H21NO2S. The molecule has 0 spiro atoms. The fourth-order valence-corrected chi connectivity index (χ4v) is 1.77. The van der Waals surface area contributed by atoms with Crippen LogP contribution in [0.25, 0.3) is 0 Å². The zero-order chi connectivity index (χ0) is 10.3. The van der Waals surface area contributed by atoms with E-state index in [1.807, 2.05) is 20.8 Å². The second-order valence-electron chi connectivity index (χ2n) is 3.82. The normalized spacial score (nSPS) is 14.5. The van der Waals surface area contributed by atoms with E-state index in [0.29, 0.717) is 19.0 Å². The number of nitrogens with two attached hydrogens (primary N) is 1. The van der Waals surface area contributed by atoms with Crippen LogP contribution in [0.3, 0.4) is 0 Å². The molecule has 13 heavy (non-hydrogen) atoms. The van der Waals surface area contributed by atoms with Crippen LogP contribution in [-0.4, -0.2) is 41.5 Å². The summed E-state index contributed by atoms with van der Waals surface area (Å²) in [7, 11) is 0. The molecule has 0 heterocycles. The quantitative estimate of drug-likeness (QED) is 0.650. The molecule has 3 nitrogen and oxygen atoms in total. The first-order valence-electron chi connectivity index (χ1n) is 4.58. The third-order valence-electron chi connectivity index (χ3n) is 1.30. The molecule has 4 heteroatoms. The molecule has 0 bridgehead atoms. The van der Waals surface area contributed by atoms with Crippen molar-refractivity contribution in [1.82, 2.24) is 0 Å². The summed E-state index contributed by atoms with van der Waals surface area (Å²) in [5.74, 6) is 1.55. The number of aliphatic hydroxyl groups excluding tert-OH is 1. The van der Waals surface area contributed by atoms with Gasteiger partial charge in [0.25, 0.3) is 0 Å². The van der Waals surface area contributed by atoms with Crippen LogP contribution in [0.2, 0.25) is 0 Å². The van der Waals surface area contributed by atoms with E-state index in [0.717, 1.165) is 5.75 Å². The topological polar surface area (TPSA) is 55.5 Å². The molecule has 0 rings (SSSR count). The third kappa shape index (κ3) is 10.1. The molecule has 0 amide bonds. The predicted octanol–water partition coefficient (Wildman–Crippen LogP) is 0.854. The Balaban J connectivity index is 3.31. The van der Waals surface area contributed by atoms with Gasteiger partial charge in [-0.15, -0.1) is 0 Å². The Bertz CT molecular complexity index is 125. The van der Waals surface area contributed by atoms with E-state index in [4.69, 9.17) is 10.5 Å². The van der Waals surface area contributed by atoms with Crippen LogP contribution in [-0.2, 0) is 4.74 Å². The third-order valence-corrected chi connectivity index (χ3v) is 2.87. The van der Waals surface area contributed by atoms with Crippen molar-refractivity contribution < 1.29 is 9.84 Å². The maximum atomic E-state index is 9.39. The van der Waals surface area contributed by atoms with E-state index in [1.54, 1.807) is 11.8 Å². The van der Waals surface area contributed by atoms with Crippen molar-refractivity contribution in [3.05, 3.63) is 0 Å². The van der Waals surface area contributed by atoms with Gasteiger partial charge in [0.05, 0.1) is 12.7 Å². The smallest absolute Gasteiger partial charge is 0.0863 e. The van der Waals surface area contributed by atoms with Crippen molar-refractivity contribution in [1.29, 1.82) is 0 Å². The molecular weight excluding hydrogens is 186 g/mol. The molecule has 80 valence electrons. The van der Waals surface area contributed by atoms with Crippen LogP contribution >= 0.6 is 11.8 Å². The van der Waals surface area contributed by atoms with E-state index in [2.05, 4.69) is 0 Å². The average Bonchev–Trinajstić information content (AvgIpc) is 1.98. The molecule has 0 radical (unpaired) electrons.